The molecule has 1 N–H and O–H groups in total. The Morgan fingerprint density at radius 1 is 1.07 bits per heavy atom. The van der Waals surface area contributed by atoms with E-state index in [1.807, 2.05) is 37.3 Å². The van der Waals surface area contributed by atoms with E-state index in [0.717, 1.165) is 16.9 Å². The van der Waals surface area contributed by atoms with Gasteiger partial charge in [0.15, 0.2) is 0 Å². The zero-order valence-corrected chi connectivity index (χ0v) is 15.6. The number of para-hydroxylation sites is 1. The van der Waals surface area contributed by atoms with Gasteiger partial charge in [-0.2, -0.15) is 0 Å². The minimum atomic E-state index is -0.325. The Balaban J connectivity index is 1.58. The second kappa shape index (κ2) is 8.53. The molecule has 2 aromatic rings. The van der Waals surface area contributed by atoms with Crippen molar-refractivity contribution in [3.8, 4) is 0 Å². The summed E-state index contributed by atoms with van der Waals surface area (Å²) in [5, 5.41) is 3.30. The molecule has 1 aromatic heterocycles. The van der Waals surface area contributed by atoms with Gasteiger partial charge in [0.25, 0.3) is 5.91 Å². The zero-order valence-electron chi connectivity index (χ0n) is 15.6. The van der Waals surface area contributed by atoms with Crippen LogP contribution in [0.4, 0.5) is 16.2 Å². The number of piperazine rings is 1. The molecule has 1 aromatic carbocycles. The summed E-state index contributed by atoms with van der Waals surface area (Å²) in [5.74, 6) is -0.124. The Bertz CT molecular complexity index is 799. The first kappa shape index (κ1) is 18.7. The Morgan fingerprint density at radius 3 is 2.41 bits per heavy atom. The molecular weight excluding hydrogens is 344 g/mol. The van der Waals surface area contributed by atoms with Gasteiger partial charge in [-0.3, -0.25) is 4.79 Å². The average Bonchev–Trinajstić information content (AvgIpc) is 2.70. The maximum absolute atomic E-state index is 12.6. The molecule has 7 nitrogen and oxygen atoms in total. The van der Waals surface area contributed by atoms with Crippen LogP contribution in [0.2, 0.25) is 0 Å². The van der Waals surface area contributed by atoms with E-state index in [0.29, 0.717) is 38.5 Å². The average molecular weight is 368 g/mol. The van der Waals surface area contributed by atoms with Crippen molar-refractivity contribution in [2.45, 2.75) is 13.8 Å². The van der Waals surface area contributed by atoms with E-state index < -0.39 is 0 Å². The summed E-state index contributed by atoms with van der Waals surface area (Å²) in [7, 11) is 0. The van der Waals surface area contributed by atoms with Crippen LogP contribution in [0.25, 0.3) is 0 Å². The van der Waals surface area contributed by atoms with Crippen LogP contribution in [0.5, 0.6) is 0 Å². The van der Waals surface area contributed by atoms with Gasteiger partial charge in [-0.1, -0.05) is 18.2 Å². The molecule has 2 heterocycles. The van der Waals surface area contributed by atoms with Crippen LogP contribution < -0.4 is 5.32 Å². The first-order chi connectivity index (χ1) is 13.1. The van der Waals surface area contributed by atoms with Crippen LogP contribution in [0, 0.1) is 6.92 Å². The lowest BCUT2D eigenvalue weighted by Crippen LogP contribution is -2.50. The number of pyridine rings is 1. The maximum Gasteiger partial charge on any atom is 0.409 e. The van der Waals surface area contributed by atoms with Crippen molar-refractivity contribution in [3.63, 3.8) is 0 Å². The normalized spacial score (nSPS) is 14.0. The molecular formula is C20H24N4O3. The second-order valence-corrected chi connectivity index (χ2v) is 6.35. The maximum atomic E-state index is 12.6. The van der Waals surface area contributed by atoms with Gasteiger partial charge >= 0.3 is 6.09 Å². The summed E-state index contributed by atoms with van der Waals surface area (Å²) in [6.07, 6.45) is 1.34. The molecule has 0 spiro atoms. The fourth-order valence-corrected chi connectivity index (χ4v) is 2.93. The minimum absolute atomic E-state index is 0.124. The van der Waals surface area contributed by atoms with Crippen molar-refractivity contribution in [2.24, 2.45) is 0 Å². The highest BCUT2D eigenvalue weighted by molar-refractivity contribution is 5.92. The summed E-state index contributed by atoms with van der Waals surface area (Å²) < 4.78 is 5.00. The third kappa shape index (κ3) is 4.55. The quantitative estimate of drug-likeness (QED) is 0.898. The third-order valence-electron chi connectivity index (χ3n) is 4.50. The number of hydrogen-bond acceptors (Lipinski definition) is 5. The highest BCUT2D eigenvalue weighted by Crippen LogP contribution is 2.20. The van der Waals surface area contributed by atoms with E-state index in [1.54, 1.807) is 29.0 Å². The predicted molar refractivity (Wildman–Crippen MR) is 103 cm³/mol. The van der Waals surface area contributed by atoms with E-state index in [-0.39, 0.29) is 12.0 Å². The highest BCUT2D eigenvalue weighted by atomic mass is 16.6. The number of aryl methyl sites for hydroxylation is 1. The van der Waals surface area contributed by atoms with E-state index >= 15 is 0 Å². The molecule has 1 saturated heterocycles. The molecule has 3 rings (SSSR count). The Labute approximate surface area is 158 Å². The van der Waals surface area contributed by atoms with Crippen LogP contribution >= 0.6 is 0 Å². The van der Waals surface area contributed by atoms with Gasteiger partial charge in [0.05, 0.1) is 18.5 Å². The predicted octanol–water partition coefficient (Wildman–Crippen LogP) is 3.05. The van der Waals surface area contributed by atoms with Crippen molar-refractivity contribution in [3.05, 3.63) is 53.9 Å². The molecule has 1 aliphatic rings. The van der Waals surface area contributed by atoms with Gasteiger partial charge < -0.3 is 19.9 Å². The molecule has 1 fully saturated rings. The lowest BCUT2D eigenvalue weighted by atomic mass is 10.2. The lowest BCUT2D eigenvalue weighted by molar-refractivity contribution is 0.0566. The van der Waals surface area contributed by atoms with Crippen molar-refractivity contribution >= 4 is 23.4 Å². The van der Waals surface area contributed by atoms with E-state index in [4.69, 9.17) is 4.74 Å². The standard InChI is InChI=1S/C20H24N4O3/c1-3-27-20(26)24-12-10-23(11-13-24)19(25)18-9-8-16(14-21-18)22-17-7-5-4-6-15(17)2/h4-9,14,22H,3,10-13H2,1-2H3. The van der Waals surface area contributed by atoms with E-state index in [1.165, 1.54) is 0 Å². The number of ether oxygens (including phenoxy) is 1. The number of hydrogen-bond donors (Lipinski definition) is 1. The fraction of sp³-hybridized carbons (Fsp3) is 0.350. The SMILES string of the molecule is CCOC(=O)N1CCN(C(=O)c2ccc(Nc3ccccc3C)cn2)CC1. The number of nitrogens with one attached hydrogen (secondary N) is 1. The van der Waals surface area contributed by atoms with Crippen LogP contribution in [0.1, 0.15) is 23.0 Å². The van der Waals surface area contributed by atoms with Crippen molar-refractivity contribution < 1.29 is 14.3 Å². The minimum Gasteiger partial charge on any atom is -0.450 e. The van der Waals surface area contributed by atoms with Gasteiger partial charge in [0, 0.05) is 31.9 Å². The summed E-state index contributed by atoms with van der Waals surface area (Å²) in [6, 6.07) is 11.6. The summed E-state index contributed by atoms with van der Waals surface area (Å²) >= 11 is 0. The van der Waals surface area contributed by atoms with Crippen molar-refractivity contribution in [2.75, 3.05) is 38.1 Å². The Morgan fingerprint density at radius 2 is 1.78 bits per heavy atom. The zero-order chi connectivity index (χ0) is 19.2. The Kier molecular flexibility index (Phi) is 5.90. The van der Waals surface area contributed by atoms with Crippen LogP contribution in [0.15, 0.2) is 42.6 Å². The van der Waals surface area contributed by atoms with Gasteiger partial charge in [0.1, 0.15) is 5.69 Å². The van der Waals surface area contributed by atoms with Gasteiger partial charge in [-0.05, 0) is 37.6 Å². The summed E-state index contributed by atoms with van der Waals surface area (Å²) in [5.41, 5.74) is 3.37. The van der Waals surface area contributed by atoms with Crippen LogP contribution in [-0.4, -0.2) is 59.6 Å². The molecule has 27 heavy (non-hydrogen) atoms. The first-order valence-corrected chi connectivity index (χ1v) is 9.08. The number of benzene rings is 1. The number of nitrogens with zero attached hydrogens (tertiary/aromatic N) is 3. The van der Waals surface area contributed by atoms with Gasteiger partial charge in [-0.15, -0.1) is 0 Å². The number of anilines is 2. The third-order valence-corrected chi connectivity index (χ3v) is 4.50. The second-order valence-electron chi connectivity index (χ2n) is 6.35. The van der Waals surface area contributed by atoms with Crippen LogP contribution in [-0.2, 0) is 4.74 Å². The van der Waals surface area contributed by atoms with Gasteiger partial charge in [-0.25, -0.2) is 9.78 Å². The molecule has 0 saturated carbocycles. The largest absolute Gasteiger partial charge is 0.450 e. The Hall–Kier alpha value is -3.09. The molecule has 0 unspecified atom stereocenters. The first-order valence-electron chi connectivity index (χ1n) is 9.08. The number of carbonyl (C=O) groups is 2. The molecule has 0 atom stereocenters. The number of rotatable bonds is 4. The topological polar surface area (TPSA) is 74.8 Å². The molecule has 142 valence electrons. The lowest BCUT2D eigenvalue weighted by Gasteiger charge is -2.33. The van der Waals surface area contributed by atoms with Crippen molar-refractivity contribution in [1.29, 1.82) is 0 Å². The summed E-state index contributed by atoms with van der Waals surface area (Å²) in [4.78, 5) is 32.0. The molecule has 1 aliphatic heterocycles. The fourth-order valence-electron chi connectivity index (χ4n) is 2.93. The highest BCUT2D eigenvalue weighted by Gasteiger charge is 2.26. The smallest absolute Gasteiger partial charge is 0.409 e. The monoisotopic (exact) mass is 368 g/mol. The van der Waals surface area contributed by atoms with Crippen LogP contribution in [0.3, 0.4) is 0 Å². The van der Waals surface area contributed by atoms with E-state index in [9.17, 15) is 9.59 Å². The summed E-state index contributed by atoms with van der Waals surface area (Å²) in [6.45, 7) is 6.05. The molecule has 0 bridgehead atoms. The number of carbonyl (C=O) groups excluding carboxylic acids is 2. The molecule has 0 aliphatic carbocycles. The number of amides is 2. The van der Waals surface area contributed by atoms with E-state index in [2.05, 4.69) is 10.3 Å². The molecule has 0 radical (unpaired) electrons. The number of aromatic nitrogens is 1. The van der Waals surface area contributed by atoms with Gasteiger partial charge in [0.2, 0.25) is 0 Å². The van der Waals surface area contributed by atoms with Crippen molar-refractivity contribution in [1.82, 2.24) is 14.8 Å². The molecule has 7 heteroatoms. The molecule has 2 amide bonds.